The van der Waals surface area contributed by atoms with Crippen LogP contribution in [-0.4, -0.2) is 10.2 Å². The van der Waals surface area contributed by atoms with Crippen LogP contribution in [0.1, 0.15) is 5.56 Å². The summed E-state index contributed by atoms with van der Waals surface area (Å²) in [6.45, 7) is 2.02. The predicted molar refractivity (Wildman–Crippen MR) is 64.5 cm³/mol. The first-order valence-electron chi connectivity index (χ1n) is 5.09. The number of aromatic amines is 1. The Labute approximate surface area is 97.7 Å². The van der Waals surface area contributed by atoms with Crippen molar-refractivity contribution in [2.45, 2.75) is 6.92 Å². The van der Waals surface area contributed by atoms with E-state index in [1.165, 1.54) is 0 Å². The van der Waals surface area contributed by atoms with Crippen molar-refractivity contribution in [1.29, 1.82) is 0 Å². The van der Waals surface area contributed by atoms with Crippen LogP contribution in [-0.2, 0) is 7.05 Å². The van der Waals surface area contributed by atoms with Gasteiger partial charge in [-0.05, 0) is 19.1 Å². The third kappa shape index (κ3) is 1.15. The summed E-state index contributed by atoms with van der Waals surface area (Å²) in [6.07, 6.45) is 3.88. The van der Waals surface area contributed by atoms with Crippen molar-refractivity contribution in [2.24, 2.45) is 7.05 Å². The molecular weight excluding hydrogens is 222 g/mol. The van der Waals surface area contributed by atoms with Crippen molar-refractivity contribution in [2.75, 3.05) is 0 Å². The second-order valence-electron chi connectivity index (χ2n) is 4.03. The highest BCUT2D eigenvalue weighted by molar-refractivity contribution is 6.36. The molecule has 0 aliphatic heterocycles. The molecule has 3 aromatic rings. The lowest BCUT2D eigenvalue weighted by atomic mass is 10.1. The molecule has 16 heavy (non-hydrogen) atoms. The van der Waals surface area contributed by atoms with Crippen molar-refractivity contribution < 1.29 is 4.57 Å². The van der Waals surface area contributed by atoms with Gasteiger partial charge in [0, 0.05) is 5.56 Å². The van der Waals surface area contributed by atoms with E-state index in [0.717, 1.165) is 32.4 Å². The lowest BCUT2D eigenvalue weighted by Gasteiger charge is -2.03. The summed E-state index contributed by atoms with van der Waals surface area (Å²) in [6, 6.07) is 4.04. The number of benzene rings is 1. The molecule has 2 heterocycles. The monoisotopic (exact) mass is 232 g/mol. The van der Waals surface area contributed by atoms with Crippen molar-refractivity contribution in [3.05, 3.63) is 35.1 Å². The average Bonchev–Trinajstić information content (AvgIpc) is 2.72. The molecule has 0 amide bonds. The van der Waals surface area contributed by atoms with Crippen LogP contribution in [0.4, 0.5) is 0 Å². The number of aryl methyl sites for hydroxylation is 2. The van der Waals surface area contributed by atoms with Gasteiger partial charge in [0.2, 0.25) is 5.52 Å². The van der Waals surface area contributed by atoms with E-state index >= 15 is 0 Å². The minimum atomic E-state index is 0.816. The fraction of sp³-hybridized carbons (Fsp3) is 0.167. The molecule has 0 aliphatic carbocycles. The summed E-state index contributed by atoms with van der Waals surface area (Å²) < 4.78 is 2.09. The number of nitrogens with one attached hydrogen (secondary N) is 1. The van der Waals surface area contributed by atoms with Crippen LogP contribution in [0.2, 0.25) is 5.02 Å². The maximum atomic E-state index is 6.32. The molecule has 0 radical (unpaired) electrons. The van der Waals surface area contributed by atoms with Crippen LogP contribution in [0.25, 0.3) is 21.8 Å². The molecule has 0 unspecified atom stereocenters. The summed E-state index contributed by atoms with van der Waals surface area (Å²) >= 11 is 6.32. The zero-order chi connectivity index (χ0) is 11.3. The molecular formula is C12H11ClN3+. The molecule has 3 rings (SSSR count). The molecule has 1 aromatic carbocycles. The third-order valence-corrected chi connectivity index (χ3v) is 3.42. The zero-order valence-corrected chi connectivity index (χ0v) is 9.84. The fourth-order valence-electron chi connectivity index (χ4n) is 2.18. The van der Waals surface area contributed by atoms with E-state index in [4.69, 9.17) is 11.6 Å². The molecule has 1 N–H and O–H groups in total. The Bertz CT molecular complexity index is 700. The van der Waals surface area contributed by atoms with Gasteiger partial charge in [0.15, 0.2) is 6.20 Å². The number of H-pyrrole nitrogens is 1. The fourth-order valence-corrected chi connectivity index (χ4v) is 2.39. The maximum absolute atomic E-state index is 6.32. The van der Waals surface area contributed by atoms with Gasteiger partial charge in [0.05, 0.1) is 27.5 Å². The largest absolute Gasteiger partial charge is 0.278 e. The number of rotatable bonds is 0. The highest BCUT2D eigenvalue weighted by atomic mass is 35.5. The maximum Gasteiger partial charge on any atom is 0.224 e. The molecule has 0 aliphatic rings. The highest BCUT2D eigenvalue weighted by Gasteiger charge is 2.15. The van der Waals surface area contributed by atoms with Gasteiger partial charge < -0.3 is 0 Å². The van der Waals surface area contributed by atoms with E-state index in [-0.39, 0.29) is 0 Å². The number of hydrogen-bond donors (Lipinski definition) is 1. The summed E-state index contributed by atoms with van der Waals surface area (Å²) in [5.41, 5.74) is 3.23. The first-order chi connectivity index (χ1) is 7.68. The van der Waals surface area contributed by atoms with Crippen molar-refractivity contribution in [3.8, 4) is 0 Å². The quantitative estimate of drug-likeness (QED) is 0.594. The van der Waals surface area contributed by atoms with Crippen LogP contribution in [0.3, 0.4) is 0 Å². The van der Waals surface area contributed by atoms with Gasteiger partial charge in [-0.1, -0.05) is 11.6 Å². The summed E-state index contributed by atoms with van der Waals surface area (Å²) in [5.74, 6) is 0. The number of hydrogen-bond acceptors (Lipinski definition) is 1. The Hall–Kier alpha value is -1.61. The molecule has 0 atom stereocenters. The van der Waals surface area contributed by atoms with Crippen LogP contribution >= 0.6 is 11.6 Å². The smallest absolute Gasteiger partial charge is 0.224 e. The Kier molecular flexibility index (Phi) is 1.91. The molecule has 0 fully saturated rings. The van der Waals surface area contributed by atoms with Gasteiger partial charge in [-0.3, -0.25) is 5.10 Å². The third-order valence-electron chi connectivity index (χ3n) is 2.92. The Morgan fingerprint density at radius 1 is 1.31 bits per heavy atom. The van der Waals surface area contributed by atoms with Gasteiger partial charge in [0.25, 0.3) is 0 Å². The summed E-state index contributed by atoms with van der Waals surface area (Å²) in [4.78, 5) is 0. The number of aromatic nitrogens is 3. The normalized spacial score (nSPS) is 11.4. The minimum absolute atomic E-state index is 0.816. The van der Waals surface area contributed by atoms with Crippen LogP contribution in [0.15, 0.2) is 24.5 Å². The lowest BCUT2D eigenvalue weighted by molar-refractivity contribution is -0.644. The van der Waals surface area contributed by atoms with Crippen molar-refractivity contribution in [1.82, 2.24) is 10.2 Å². The molecule has 0 saturated heterocycles. The van der Waals surface area contributed by atoms with Crippen LogP contribution < -0.4 is 4.57 Å². The van der Waals surface area contributed by atoms with E-state index in [9.17, 15) is 0 Å². The molecule has 4 heteroatoms. The SMILES string of the molecule is Cc1c[n+](C)c2c(ccc3[nH]ncc32)c1Cl. The average molecular weight is 233 g/mol. The lowest BCUT2D eigenvalue weighted by Crippen LogP contribution is -2.29. The van der Waals surface area contributed by atoms with E-state index in [2.05, 4.69) is 14.8 Å². The molecule has 0 spiro atoms. The number of pyridine rings is 1. The van der Waals surface area contributed by atoms with Crippen LogP contribution in [0, 0.1) is 6.92 Å². The number of nitrogens with zero attached hydrogens (tertiary/aromatic N) is 2. The molecule has 3 nitrogen and oxygen atoms in total. The summed E-state index contributed by atoms with van der Waals surface area (Å²) in [5, 5.41) is 10.0. The zero-order valence-electron chi connectivity index (χ0n) is 9.08. The molecule has 0 bridgehead atoms. The van der Waals surface area contributed by atoms with Gasteiger partial charge in [0.1, 0.15) is 7.05 Å². The highest BCUT2D eigenvalue weighted by Crippen LogP contribution is 2.28. The van der Waals surface area contributed by atoms with E-state index in [1.807, 2.05) is 38.5 Å². The molecule has 2 aromatic heterocycles. The van der Waals surface area contributed by atoms with Crippen LogP contribution in [0.5, 0.6) is 0 Å². The van der Waals surface area contributed by atoms with E-state index in [1.54, 1.807) is 0 Å². The van der Waals surface area contributed by atoms with E-state index < -0.39 is 0 Å². The Morgan fingerprint density at radius 2 is 2.12 bits per heavy atom. The van der Waals surface area contributed by atoms with Crippen molar-refractivity contribution in [3.63, 3.8) is 0 Å². The Balaban J connectivity index is 2.65. The molecule has 80 valence electrons. The Morgan fingerprint density at radius 3 is 2.94 bits per heavy atom. The minimum Gasteiger partial charge on any atom is -0.278 e. The van der Waals surface area contributed by atoms with Gasteiger partial charge in [-0.2, -0.15) is 5.10 Å². The van der Waals surface area contributed by atoms with Gasteiger partial charge >= 0.3 is 0 Å². The first kappa shape index (κ1) is 9.60. The van der Waals surface area contributed by atoms with Crippen molar-refractivity contribution >= 4 is 33.4 Å². The van der Waals surface area contributed by atoms with Gasteiger partial charge in [-0.25, -0.2) is 4.57 Å². The number of fused-ring (bicyclic) bond motifs is 3. The van der Waals surface area contributed by atoms with Gasteiger partial charge in [-0.15, -0.1) is 0 Å². The second kappa shape index (κ2) is 3.19. The number of halogens is 1. The van der Waals surface area contributed by atoms with E-state index in [0.29, 0.717) is 0 Å². The second-order valence-corrected chi connectivity index (χ2v) is 4.41. The standard InChI is InChI=1S/C12H10ClN3/c1-7-6-16(2)12-8(11(7)13)3-4-10-9(12)5-14-15-10/h3-6H,1-2H3/p+1. The topological polar surface area (TPSA) is 32.6 Å². The first-order valence-corrected chi connectivity index (χ1v) is 5.47. The predicted octanol–water partition coefficient (Wildman–Crippen LogP) is 2.50. The summed E-state index contributed by atoms with van der Waals surface area (Å²) in [7, 11) is 2.03. The molecule has 0 saturated carbocycles.